The van der Waals surface area contributed by atoms with Crippen molar-refractivity contribution in [3.8, 4) is 5.75 Å². The molecule has 0 spiro atoms. The van der Waals surface area contributed by atoms with Gasteiger partial charge in [-0.25, -0.2) is 0 Å². The summed E-state index contributed by atoms with van der Waals surface area (Å²) in [5.41, 5.74) is 3.73. The number of hydrogen-bond acceptors (Lipinski definition) is 3. The second-order valence-electron chi connectivity index (χ2n) is 6.08. The van der Waals surface area contributed by atoms with Gasteiger partial charge in [-0.15, -0.1) is 0 Å². The van der Waals surface area contributed by atoms with Crippen molar-refractivity contribution in [1.29, 1.82) is 0 Å². The molecule has 4 rings (SSSR count). The molecule has 0 saturated carbocycles. The van der Waals surface area contributed by atoms with Crippen molar-refractivity contribution >= 4 is 5.69 Å². The number of anilines is 1. The third-order valence-electron chi connectivity index (χ3n) is 4.83. The molecule has 22 heavy (non-hydrogen) atoms. The molecule has 3 heteroatoms. The summed E-state index contributed by atoms with van der Waals surface area (Å²) < 4.78 is 11.6. The van der Waals surface area contributed by atoms with E-state index in [0.717, 1.165) is 24.5 Å². The smallest absolute Gasteiger partial charge is 0.119 e. The Balaban J connectivity index is 1.77. The van der Waals surface area contributed by atoms with Crippen LogP contribution in [0.1, 0.15) is 36.1 Å². The Labute approximate surface area is 131 Å². The van der Waals surface area contributed by atoms with Crippen molar-refractivity contribution in [2.75, 3.05) is 19.0 Å². The van der Waals surface area contributed by atoms with Gasteiger partial charge in [-0.3, -0.25) is 0 Å². The number of fused-ring (bicyclic) bond motifs is 3. The van der Waals surface area contributed by atoms with Crippen LogP contribution in [-0.2, 0) is 4.74 Å². The van der Waals surface area contributed by atoms with Crippen LogP contribution in [0.15, 0.2) is 48.5 Å². The Kier molecular flexibility index (Phi) is 3.51. The number of hydrogen-bond donors (Lipinski definition) is 1. The summed E-state index contributed by atoms with van der Waals surface area (Å²) in [6.45, 7) is 0.847. The standard InChI is InChI=1S/C19H21NO2/c1-21-14-9-10-17-16(12-14)19-15(8-5-11-22-19)18(20-17)13-6-3-2-4-7-13/h2-4,6-7,9-10,12,15,18-20H,5,8,11H2,1H3/t15-,18-,19-/m1/s1. The molecule has 3 nitrogen and oxygen atoms in total. The minimum Gasteiger partial charge on any atom is -0.497 e. The fourth-order valence-electron chi connectivity index (χ4n) is 3.77. The molecule has 0 bridgehead atoms. The van der Waals surface area contributed by atoms with E-state index in [0.29, 0.717) is 12.0 Å². The lowest BCUT2D eigenvalue weighted by Crippen LogP contribution is -2.35. The first-order chi connectivity index (χ1) is 10.9. The fraction of sp³-hybridized carbons (Fsp3) is 0.368. The van der Waals surface area contributed by atoms with Crippen LogP contribution in [0.3, 0.4) is 0 Å². The van der Waals surface area contributed by atoms with E-state index in [2.05, 4.69) is 47.8 Å². The van der Waals surface area contributed by atoms with Gasteiger partial charge in [0.1, 0.15) is 5.75 Å². The molecule has 1 saturated heterocycles. The van der Waals surface area contributed by atoms with Gasteiger partial charge in [-0.1, -0.05) is 30.3 Å². The first kappa shape index (κ1) is 13.6. The van der Waals surface area contributed by atoms with E-state index in [9.17, 15) is 0 Å². The van der Waals surface area contributed by atoms with Crippen LogP contribution in [0.5, 0.6) is 5.75 Å². The van der Waals surface area contributed by atoms with E-state index in [1.807, 2.05) is 6.07 Å². The zero-order valence-corrected chi connectivity index (χ0v) is 12.8. The van der Waals surface area contributed by atoms with Crippen molar-refractivity contribution in [2.45, 2.75) is 25.0 Å². The van der Waals surface area contributed by atoms with Crippen molar-refractivity contribution in [3.05, 3.63) is 59.7 Å². The van der Waals surface area contributed by atoms with Crippen molar-refractivity contribution < 1.29 is 9.47 Å². The highest BCUT2D eigenvalue weighted by Gasteiger charge is 2.39. The Morgan fingerprint density at radius 1 is 1.14 bits per heavy atom. The van der Waals surface area contributed by atoms with Gasteiger partial charge < -0.3 is 14.8 Å². The van der Waals surface area contributed by atoms with E-state index in [1.165, 1.54) is 17.5 Å². The predicted molar refractivity (Wildman–Crippen MR) is 87.2 cm³/mol. The summed E-state index contributed by atoms with van der Waals surface area (Å²) in [7, 11) is 1.71. The Morgan fingerprint density at radius 3 is 2.82 bits per heavy atom. The number of nitrogens with one attached hydrogen (secondary N) is 1. The number of rotatable bonds is 2. The third-order valence-corrected chi connectivity index (χ3v) is 4.83. The first-order valence-corrected chi connectivity index (χ1v) is 7.98. The third kappa shape index (κ3) is 2.26. The Morgan fingerprint density at radius 2 is 2.00 bits per heavy atom. The molecule has 114 valence electrons. The minimum absolute atomic E-state index is 0.158. The van der Waals surface area contributed by atoms with Crippen LogP contribution in [-0.4, -0.2) is 13.7 Å². The Bertz CT molecular complexity index is 656. The van der Waals surface area contributed by atoms with Crippen molar-refractivity contribution in [1.82, 2.24) is 0 Å². The molecule has 0 radical (unpaired) electrons. The summed E-state index contributed by atoms with van der Waals surface area (Å²) in [4.78, 5) is 0. The quantitative estimate of drug-likeness (QED) is 0.894. The van der Waals surface area contributed by atoms with Crippen molar-refractivity contribution in [3.63, 3.8) is 0 Å². The molecule has 2 heterocycles. The second kappa shape index (κ2) is 5.65. The molecule has 1 fully saturated rings. The van der Waals surface area contributed by atoms with E-state index in [-0.39, 0.29) is 6.10 Å². The molecule has 2 aromatic carbocycles. The largest absolute Gasteiger partial charge is 0.497 e. The average molecular weight is 295 g/mol. The maximum atomic E-state index is 6.16. The summed E-state index contributed by atoms with van der Waals surface area (Å²) in [5, 5.41) is 3.73. The fourth-order valence-corrected chi connectivity index (χ4v) is 3.77. The summed E-state index contributed by atoms with van der Waals surface area (Å²) in [6, 6.07) is 17.3. The van der Waals surface area contributed by atoms with Crippen LogP contribution in [0.4, 0.5) is 5.69 Å². The lowest BCUT2D eigenvalue weighted by atomic mass is 9.77. The first-order valence-electron chi connectivity index (χ1n) is 7.98. The van der Waals surface area contributed by atoms with E-state index in [1.54, 1.807) is 7.11 Å². The van der Waals surface area contributed by atoms with E-state index >= 15 is 0 Å². The zero-order chi connectivity index (χ0) is 14.9. The molecule has 0 amide bonds. The van der Waals surface area contributed by atoms with Crippen LogP contribution in [0.25, 0.3) is 0 Å². The Hall–Kier alpha value is -2.00. The molecule has 2 aromatic rings. The van der Waals surface area contributed by atoms with Gasteiger partial charge in [0.05, 0.1) is 19.3 Å². The zero-order valence-electron chi connectivity index (χ0n) is 12.8. The molecule has 0 aliphatic carbocycles. The van der Waals surface area contributed by atoms with Gasteiger partial charge in [-0.05, 0) is 36.6 Å². The average Bonchev–Trinajstić information content (AvgIpc) is 2.61. The molecule has 2 aliphatic heterocycles. The SMILES string of the molecule is COc1ccc2c(c1)[C@@H]1OCCC[C@@H]1[C@@H](c1ccccc1)N2. The molecule has 2 aliphatic rings. The highest BCUT2D eigenvalue weighted by molar-refractivity contribution is 5.59. The van der Waals surface area contributed by atoms with E-state index < -0.39 is 0 Å². The molecule has 0 aromatic heterocycles. The van der Waals surface area contributed by atoms with Crippen molar-refractivity contribution in [2.24, 2.45) is 5.92 Å². The van der Waals surface area contributed by atoms with Crippen LogP contribution >= 0.6 is 0 Å². The van der Waals surface area contributed by atoms with Gasteiger partial charge >= 0.3 is 0 Å². The maximum absolute atomic E-state index is 6.16. The minimum atomic E-state index is 0.158. The van der Waals surface area contributed by atoms with Gasteiger partial charge in [-0.2, -0.15) is 0 Å². The summed E-state index contributed by atoms with van der Waals surface area (Å²) in [5.74, 6) is 1.36. The topological polar surface area (TPSA) is 30.5 Å². The highest BCUT2D eigenvalue weighted by atomic mass is 16.5. The highest BCUT2D eigenvalue weighted by Crippen LogP contribution is 2.49. The number of benzene rings is 2. The van der Waals surface area contributed by atoms with E-state index in [4.69, 9.17) is 9.47 Å². The molecule has 1 N–H and O–H groups in total. The monoisotopic (exact) mass is 295 g/mol. The summed E-state index contributed by atoms with van der Waals surface area (Å²) >= 11 is 0. The van der Waals surface area contributed by atoms with Crippen LogP contribution < -0.4 is 10.1 Å². The normalized spacial score (nSPS) is 26.5. The molecule has 0 unspecified atom stereocenters. The molecular weight excluding hydrogens is 274 g/mol. The van der Waals surface area contributed by atoms with Gasteiger partial charge in [0.25, 0.3) is 0 Å². The second-order valence-corrected chi connectivity index (χ2v) is 6.08. The van der Waals surface area contributed by atoms with Crippen LogP contribution in [0.2, 0.25) is 0 Å². The lowest BCUT2D eigenvalue weighted by molar-refractivity contribution is -0.0382. The van der Waals surface area contributed by atoms with Crippen LogP contribution in [0, 0.1) is 5.92 Å². The lowest BCUT2D eigenvalue weighted by Gasteiger charge is -2.43. The number of ether oxygens (including phenoxy) is 2. The molecular formula is C19H21NO2. The summed E-state index contributed by atoms with van der Waals surface area (Å²) in [6.07, 6.45) is 2.48. The molecule has 3 atom stereocenters. The van der Waals surface area contributed by atoms with Gasteiger partial charge in [0.15, 0.2) is 0 Å². The maximum Gasteiger partial charge on any atom is 0.119 e. The van der Waals surface area contributed by atoms with Gasteiger partial charge in [0.2, 0.25) is 0 Å². The number of methoxy groups -OCH3 is 1. The van der Waals surface area contributed by atoms with Gasteiger partial charge in [0, 0.05) is 23.8 Å². The predicted octanol–water partition coefficient (Wildman–Crippen LogP) is 4.33.